The number of hydrogen-bond donors (Lipinski definition) is 0. The summed E-state index contributed by atoms with van der Waals surface area (Å²) in [4.78, 5) is 12.8. The summed E-state index contributed by atoms with van der Waals surface area (Å²) in [5.41, 5.74) is 1.87. The topological polar surface area (TPSA) is 26.3 Å². The molecule has 0 saturated heterocycles. The van der Waals surface area contributed by atoms with Gasteiger partial charge in [-0.05, 0) is 0 Å². The van der Waals surface area contributed by atoms with Gasteiger partial charge in [0, 0.05) is 0 Å². The molecule has 134 valence electrons. The summed E-state index contributed by atoms with van der Waals surface area (Å²) in [5.74, 6) is -0.247. The van der Waals surface area contributed by atoms with E-state index in [1.165, 1.54) is 5.56 Å². The van der Waals surface area contributed by atoms with Gasteiger partial charge in [-0.15, -0.1) is 0 Å². The number of carbonyl (C=O) groups is 1. The predicted octanol–water partition coefficient (Wildman–Crippen LogP) is 6.30. The van der Waals surface area contributed by atoms with Crippen molar-refractivity contribution in [3.05, 3.63) is 103 Å². The van der Waals surface area contributed by atoms with Crippen LogP contribution < -0.4 is 0 Å². The van der Waals surface area contributed by atoms with Crippen LogP contribution in [0.3, 0.4) is 0 Å². The third-order valence-electron chi connectivity index (χ3n) is 4.00. The fourth-order valence-electron chi connectivity index (χ4n) is 2.49. The Morgan fingerprint density at radius 1 is 0.731 bits per heavy atom. The van der Waals surface area contributed by atoms with Crippen molar-refractivity contribution >= 4 is 26.2 Å². The molecule has 3 rings (SSSR count). The standard InChI is InChI=1S/C23H23IO2/c1-23(2,3)19-16-14-18(15-17-19)22(25)26-24(20-10-6-4-7-11-20)21-12-8-5-9-13-21/h4-17H,1-3H3. The fourth-order valence-corrected chi connectivity index (χ4v) is 6.51. The Morgan fingerprint density at radius 3 is 1.62 bits per heavy atom. The van der Waals surface area contributed by atoms with Crippen LogP contribution in [-0.2, 0) is 8.48 Å². The van der Waals surface area contributed by atoms with Crippen molar-refractivity contribution in [2.45, 2.75) is 26.2 Å². The first-order valence-electron chi connectivity index (χ1n) is 8.58. The third kappa shape index (κ3) is 4.52. The van der Waals surface area contributed by atoms with E-state index in [1.807, 2.05) is 84.9 Å². The van der Waals surface area contributed by atoms with Gasteiger partial charge in [-0.2, -0.15) is 0 Å². The number of carbonyl (C=O) groups excluding carboxylic acids is 1. The molecule has 3 aromatic rings. The molecule has 0 fully saturated rings. The summed E-state index contributed by atoms with van der Waals surface area (Å²) in [7, 11) is 0. The summed E-state index contributed by atoms with van der Waals surface area (Å²) < 4.78 is 8.28. The predicted molar refractivity (Wildman–Crippen MR) is 115 cm³/mol. The Bertz CT molecular complexity index is 811. The minimum absolute atomic E-state index is 0.0644. The van der Waals surface area contributed by atoms with Crippen LogP contribution in [-0.4, -0.2) is 5.97 Å². The molecule has 2 nitrogen and oxygen atoms in total. The zero-order chi connectivity index (χ0) is 18.6. The Kier molecular flexibility index (Phi) is 5.77. The second-order valence-corrected chi connectivity index (χ2v) is 11.4. The molecule has 0 aliphatic heterocycles. The van der Waals surface area contributed by atoms with Gasteiger partial charge in [0.15, 0.2) is 0 Å². The summed E-state index contributed by atoms with van der Waals surface area (Å²) >= 11 is -2.28. The van der Waals surface area contributed by atoms with Crippen molar-refractivity contribution in [2.75, 3.05) is 0 Å². The fraction of sp³-hybridized carbons (Fsp3) is 0.174. The monoisotopic (exact) mass is 458 g/mol. The summed E-state index contributed by atoms with van der Waals surface area (Å²) in [6, 6.07) is 27.9. The molecule has 0 aromatic heterocycles. The van der Waals surface area contributed by atoms with E-state index in [2.05, 4.69) is 20.8 Å². The quantitative estimate of drug-likeness (QED) is 0.429. The first-order valence-corrected chi connectivity index (χ1v) is 11.6. The van der Waals surface area contributed by atoms with Gasteiger partial charge in [-0.25, -0.2) is 0 Å². The van der Waals surface area contributed by atoms with E-state index in [0.29, 0.717) is 5.56 Å². The average Bonchev–Trinajstić information content (AvgIpc) is 2.67. The molecule has 3 heteroatoms. The Hall–Kier alpha value is -2.14. The molecule has 26 heavy (non-hydrogen) atoms. The Balaban J connectivity index is 1.86. The van der Waals surface area contributed by atoms with Crippen molar-refractivity contribution in [2.24, 2.45) is 0 Å². The van der Waals surface area contributed by atoms with Crippen molar-refractivity contribution < 1.29 is 7.86 Å². The maximum absolute atomic E-state index is 12.8. The molecule has 0 aliphatic rings. The van der Waals surface area contributed by atoms with Crippen LogP contribution in [0.5, 0.6) is 0 Å². The molecule has 0 N–H and O–H groups in total. The first-order chi connectivity index (χ1) is 12.4. The number of benzene rings is 3. The summed E-state index contributed by atoms with van der Waals surface area (Å²) in [5, 5.41) is 0. The molecule has 0 saturated carbocycles. The molecule has 0 radical (unpaired) electrons. The van der Waals surface area contributed by atoms with Crippen molar-refractivity contribution in [3.63, 3.8) is 0 Å². The number of halogens is 1. The van der Waals surface area contributed by atoms with Crippen molar-refractivity contribution in [1.82, 2.24) is 0 Å². The average molecular weight is 458 g/mol. The van der Waals surface area contributed by atoms with Gasteiger partial charge in [-0.1, -0.05) is 0 Å². The maximum atomic E-state index is 12.8. The molecule has 0 unspecified atom stereocenters. The van der Waals surface area contributed by atoms with Crippen LogP contribution in [0.1, 0.15) is 36.7 Å². The third-order valence-corrected chi connectivity index (χ3v) is 8.54. The molecule has 0 atom stereocenters. The second-order valence-electron chi connectivity index (χ2n) is 7.03. The van der Waals surface area contributed by atoms with Crippen molar-refractivity contribution in [1.29, 1.82) is 0 Å². The van der Waals surface area contributed by atoms with E-state index >= 15 is 0 Å². The normalized spacial score (nSPS) is 11.7. The van der Waals surface area contributed by atoms with Gasteiger partial charge in [0.05, 0.1) is 0 Å². The molecule has 0 heterocycles. The van der Waals surface area contributed by atoms with Crippen LogP contribution >= 0.6 is 20.2 Å². The van der Waals surface area contributed by atoms with Crippen molar-refractivity contribution in [3.8, 4) is 0 Å². The van der Waals surface area contributed by atoms with Gasteiger partial charge in [0.25, 0.3) is 0 Å². The van der Waals surface area contributed by atoms with Crippen LogP contribution in [0, 0.1) is 7.14 Å². The van der Waals surface area contributed by atoms with E-state index in [9.17, 15) is 4.79 Å². The van der Waals surface area contributed by atoms with Crippen LogP contribution in [0.2, 0.25) is 0 Å². The summed E-state index contributed by atoms with van der Waals surface area (Å²) in [6.45, 7) is 6.49. The van der Waals surface area contributed by atoms with Gasteiger partial charge < -0.3 is 0 Å². The zero-order valence-electron chi connectivity index (χ0n) is 15.3. The van der Waals surface area contributed by atoms with E-state index in [1.54, 1.807) is 0 Å². The van der Waals surface area contributed by atoms with Crippen LogP contribution in [0.25, 0.3) is 0 Å². The first kappa shape index (κ1) is 18.6. The summed E-state index contributed by atoms with van der Waals surface area (Å²) in [6.07, 6.45) is 0. The van der Waals surface area contributed by atoms with Crippen LogP contribution in [0.4, 0.5) is 0 Å². The molecule has 0 bridgehead atoms. The molecule has 0 aliphatic carbocycles. The minimum atomic E-state index is -2.28. The molecule has 0 amide bonds. The van der Waals surface area contributed by atoms with Gasteiger partial charge in [-0.3, -0.25) is 0 Å². The Labute approximate surface area is 163 Å². The van der Waals surface area contributed by atoms with Gasteiger partial charge in [0.2, 0.25) is 0 Å². The molecule has 3 aromatic carbocycles. The SMILES string of the molecule is CC(C)(C)c1ccc(C(=O)OI(c2ccccc2)c2ccccc2)cc1. The second kappa shape index (κ2) is 8.04. The van der Waals surface area contributed by atoms with E-state index in [0.717, 1.165) is 7.14 Å². The molecular weight excluding hydrogens is 435 g/mol. The Morgan fingerprint density at radius 2 is 1.19 bits per heavy atom. The van der Waals surface area contributed by atoms with Gasteiger partial charge in [0.1, 0.15) is 0 Å². The van der Waals surface area contributed by atoms with E-state index in [4.69, 9.17) is 3.07 Å². The van der Waals surface area contributed by atoms with E-state index in [-0.39, 0.29) is 11.4 Å². The number of hydrogen-bond acceptors (Lipinski definition) is 2. The molecule has 0 spiro atoms. The number of rotatable bonds is 4. The van der Waals surface area contributed by atoms with Gasteiger partial charge >= 0.3 is 163 Å². The van der Waals surface area contributed by atoms with E-state index < -0.39 is 20.2 Å². The zero-order valence-corrected chi connectivity index (χ0v) is 17.4. The van der Waals surface area contributed by atoms with Crippen LogP contribution in [0.15, 0.2) is 84.9 Å². The molecular formula is C23H23IO2.